The Hall–Kier alpha value is -3.25. The van der Waals surface area contributed by atoms with Crippen molar-refractivity contribution in [1.82, 2.24) is 14.8 Å². The molecule has 12 heteroatoms. The van der Waals surface area contributed by atoms with E-state index in [1.165, 1.54) is 18.2 Å². The van der Waals surface area contributed by atoms with Gasteiger partial charge in [-0.15, -0.1) is 0 Å². The molecule has 0 radical (unpaired) electrons. The van der Waals surface area contributed by atoms with E-state index in [4.69, 9.17) is 19.6 Å². The predicted molar refractivity (Wildman–Crippen MR) is 126 cm³/mol. The Kier molecular flexibility index (Phi) is 7.29. The highest BCUT2D eigenvalue weighted by atomic mass is 19.3. The second-order valence-corrected chi connectivity index (χ2v) is 9.56. The third-order valence-electron chi connectivity index (χ3n) is 6.66. The maximum absolute atomic E-state index is 13.4. The van der Waals surface area contributed by atoms with Crippen molar-refractivity contribution in [2.45, 2.75) is 44.9 Å². The number of hydrogen-bond acceptors (Lipinski definition) is 8. The average Bonchev–Trinajstić information content (AvgIpc) is 3.41. The van der Waals surface area contributed by atoms with Crippen LogP contribution in [0, 0.1) is 5.92 Å². The molecule has 3 fully saturated rings. The summed E-state index contributed by atoms with van der Waals surface area (Å²) >= 11 is 0. The van der Waals surface area contributed by atoms with E-state index in [0.717, 1.165) is 12.8 Å². The van der Waals surface area contributed by atoms with Gasteiger partial charge in [-0.2, -0.15) is 8.78 Å². The topological polar surface area (TPSA) is 120 Å². The lowest BCUT2D eigenvalue weighted by atomic mass is 10.2. The number of ether oxygens (including phenoxy) is 3. The normalized spacial score (nSPS) is 20.8. The van der Waals surface area contributed by atoms with Gasteiger partial charge in [-0.25, -0.2) is 4.98 Å². The number of nitrogens with zero attached hydrogens (tertiary/aromatic N) is 3. The molecule has 2 aromatic rings. The number of carbonyl (C=O) groups is 2. The van der Waals surface area contributed by atoms with Gasteiger partial charge in [-0.3, -0.25) is 9.59 Å². The third-order valence-corrected chi connectivity index (χ3v) is 6.66. The van der Waals surface area contributed by atoms with Crippen molar-refractivity contribution in [3.8, 4) is 23.0 Å². The second-order valence-electron chi connectivity index (χ2n) is 9.56. The first kappa shape index (κ1) is 25.4. The predicted octanol–water partition coefficient (Wildman–Crippen LogP) is 2.82. The highest BCUT2D eigenvalue weighted by Gasteiger charge is 2.36. The summed E-state index contributed by atoms with van der Waals surface area (Å²) in [7, 11) is 0. The molecule has 2 N–H and O–H groups in total. The third kappa shape index (κ3) is 5.69. The fraction of sp³-hybridized carbons (Fsp3) is 0.560. The number of nitrogens with two attached hydrogens (primary N) is 1. The quantitative estimate of drug-likeness (QED) is 0.564. The molecule has 1 unspecified atom stereocenters. The molecular formula is C25H30F2N4O6. The van der Waals surface area contributed by atoms with Gasteiger partial charge in [-0.05, 0) is 38.0 Å². The van der Waals surface area contributed by atoms with Crippen LogP contribution >= 0.6 is 0 Å². The summed E-state index contributed by atoms with van der Waals surface area (Å²) in [5.74, 6) is 0.257. The highest BCUT2D eigenvalue weighted by Crippen LogP contribution is 2.36. The Morgan fingerprint density at radius 1 is 1.11 bits per heavy atom. The van der Waals surface area contributed by atoms with Crippen LogP contribution in [0.3, 0.4) is 0 Å². The first-order valence-corrected chi connectivity index (χ1v) is 12.5. The summed E-state index contributed by atoms with van der Waals surface area (Å²) in [6.07, 6.45) is 2.19. The zero-order valence-electron chi connectivity index (χ0n) is 20.5. The number of hydrogen-bond donors (Lipinski definition) is 1. The summed E-state index contributed by atoms with van der Waals surface area (Å²) in [6.45, 7) is 1.22. The summed E-state index contributed by atoms with van der Waals surface area (Å²) < 4.78 is 47.6. The van der Waals surface area contributed by atoms with Gasteiger partial charge in [0, 0.05) is 44.1 Å². The van der Waals surface area contributed by atoms with Crippen LogP contribution in [0.4, 0.5) is 8.78 Å². The maximum Gasteiger partial charge on any atom is 0.387 e. The summed E-state index contributed by atoms with van der Waals surface area (Å²) in [5, 5.41) is 0. The van der Waals surface area contributed by atoms with E-state index < -0.39 is 12.7 Å². The molecule has 1 aromatic heterocycles. The van der Waals surface area contributed by atoms with E-state index >= 15 is 0 Å². The number of carbonyl (C=O) groups excluding carboxylic acids is 2. The van der Waals surface area contributed by atoms with Crippen LogP contribution in [0.15, 0.2) is 22.6 Å². The smallest absolute Gasteiger partial charge is 0.387 e. The zero-order chi connectivity index (χ0) is 26.1. The molecule has 2 atom stereocenters. The Labute approximate surface area is 212 Å². The van der Waals surface area contributed by atoms with E-state index in [1.54, 1.807) is 11.8 Å². The molecule has 0 spiro atoms. The van der Waals surface area contributed by atoms with Crippen molar-refractivity contribution in [1.29, 1.82) is 0 Å². The van der Waals surface area contributed by atoms with Crippen LogP contribution in [0.1, 0.15) is 48.5 Å². The van der Waals surface area contributed by atoms with Crippen LogP contribution in [0.5, 0.6) is 11.5 Å². The Morgan fingerprint density at radius 2 is 1.84 bits per heavy atom. The van der Waals surface area contributed by atoms with Gasteiger partial charge in [0.2, 0.25) is 11.8 Å². The monoisotopic (exact) mass is 520 g/mol. The van der Waals surface area contributed by atoms with Gasteiger partial charge in [-0.1, -0.05) is 0 Å². The first-order valence-electron chi connectivity index (χ1n) is 12.5. The molecule has 2 amide bonds. The minimum atomic E-state index is -3.02. The number of aromatic nitrogens is 1. The van der Waals surface area contributed by atoms with Crippen LogP contribution in [-0.2, 0) is 9.53 Å². The van der Waals surface area contributed by atoms with E-state index in [9.17, 15) is 18.4 Å². The lowest BCUT2D eigenvalue weighted by Gasteiger charge is -2.34. The summed E-state index contributed by atoms with van der Waals surface area (Å²) in [4.78, 5) is 33.6. The second kappa shape index (κ2) is 10.6. The van der Waals surface area contributed by atoms with Gasteiger partial charge in [0.15, 0.2) is 23.0 Å². The first-order chi connectivity index (χ1) is 17.8. The van der Waals surface area contributed by atoms with Crippen molar-refractivity contribution in [3.63, 3.8) is 0 Å². The van der Waals surface area contributed by atoms with Crippen molar-refractivity contribution in [3.05, 3.63) is 29.7 Å². The van der Waals surface area contributed by atoms with Crippen LogP contribution < -0.4 is 15.2 Å². The van der Waals surface area contributed by atoms with E-state index in [0.29, 0.717) is 51.4 Å². The lowest BCUT2D eigenvalue weighted by molar-refractivity contribution is -0.134. The molecule has 1 aromatic carbocycles. The number of benzene rings is 1. The van der Waals surface area contributed by atoms with Crippen LogP contribution in [-0.4, -0.2) is 78.7 Å². The molecule has 1 saturated carbocycles. The van der Waals surface area contributed by atoms with E-state index in [1.807, 2.05) is 4.90 Å². The summed E-state index contributed by atoms with van der Waals surface area (Å²) in [6, 6.07) is 3.72. The Morgan fingerprint density at radius 3 is 2.46 bits per heavy atom. The molecule has 5 rings (SSSR count). The number of piperazine rings is 1. The number of alkyl halides is 2. The standard InChI is InChI=1S/C25H30F2N4O6/c1-14(28)21-20(24(33)31-9-7-30(8-10-31)23(32)15-2-3-15)29-22(37-21)16-4-5-18(36-25(26)27)19(12-16)35-17-6-11-34-13-17/h4-5,12,14-15,17,25H,2-3,6-11,13,28H2,1H3/t14-,17?/m0/s1. The molecule has 10 nitrogen and oxygen atoms in total. The molecule has 3 aliphatic rings. The van der Waals surface area contributed by atoms with E-state index in [2.05, 4.69) is 9.72 Å². The van der Waals surface area contributed by atoms with Gasteiger partial charge >= 0.3 is 6.61 Å². The molecule has 1 aliphatic carbocycles. The maximum atomic E-state index is 13.4. The summed E-state index contributed by atoms with van der Waals surface area (Å²) in [5.41, 5.74) is 6.60. The Balaban J connectivity index is 1.37. The van der Waals surface area contributed by atoms with Gasteiger partial charge < -0.3 is 34.2 Å². The number of rotatable bonds is 8. The SMILES string of the molecule is C[C@H](N)c1oc(-c2ccc(OC(F)F)c(OC3CCOC3)c2)nc1C(=O)N1CCN(C(=O)C2CC2)CC1. The minimum Gasteiger partial charge on any atom is -0.484 e. The Bertz CT molecular complexity index is 1140. The minimum absolute atomic E-state index is 0.0894. The largest absolute Gasteiger partial charge is 0.484 e. The van der Waals surface area contributed by atoms with Crippen LogP contribution in [0.2, 0.25) is 0 Å². The van der Waals surface area contributed by atoms with Gasteiger partial charge in [0.1, 0.15) is 6.10 Å². The molecule has 200 valence electrons. The number of oxazole rings is 1. The molecular weight excluding hydrogens is 490 g/mol. The van der Waals surface area contributed by atoms with Crippen molar-refractivity contribution in [2.24, 2.45) is 11.7 Å². The number of halogens is 2. The average molecular weight is 521 g/mol. The molecule has 2 saturated heterocycles. The molecule has 37 heavy (non-hydrogen) atoms. The molecule has 3 heterocycles. The van der Waals surface area contributed by atoms with Crippen LogP contribution in [0.25, 0.3) is 11.5 Å². The highest BCUT2D eigenvalue weighted by molar-refractivity contribution is 5.94. The van der Waals surface area contributed by atoms with Crippen molar-refractivity contribution in [2.75, 3.05) is 39.4 Å². The van der Waals surface area contributed by atoms with E-state index in [-0.39, 0.29) is 52.7 Å². The molecule has 2 aliphatic heterocycles. The fourth-order valence-corrected chi connectivity index (χ4v) is 4.50. The van der Waals surface area contributed by atoms with Crippen molar-refractivity contribution < 1.29 is 37.0 Å². The lowest BCUT2D eigenvalue weighted by Crippen LogP contribution is -2.51. The molecule has 0 bridgehead atoms. The van der Waals surface area contributed by atoms with Gasteiger partial charge in [0.25, 0.3) is 5.91 Å². The number of amides is 2. The van der Waals surface area contributed by atoms with Crippen molar-refractivity contribution >= 4 is 11.8 Å². The fourth-order valence-electron chi connectivity index (χ4n) is 4.50. The van der Waals surface area contributed by atoms with Gasteiger partial charge in [0.05, 0.1) is 19.3 Å². The zero-order valence-corrected chi connectivity index (χ0v) is 20.5.